The van der Waals surface area contributed by atoms with Gasteiger partial charge in [0.2, 0.25) is 0 Å². The minimum absolute atomic E-state index is 0. The van der Waals surface area contributed by atoms with Crippen LogP contribution >= 0.6 is 11.6 Å². The Bertz CT molecular complexity index is 357. The maximum atomic E-state index is 5.73. The summed E-state index contributed by atoms with van der Waals surface area (Å²) in [7, 11) is 0. The number of hydrogen-bond donors (Lipinski definition) is 0. The standard InChI is InChI=1S/C8H6ClN3.H2/c9-7-1-3-8(4-2-7)12-6-5-10-11-12;/h1-6H;1H/i;1+1. The van der Waals surface area contributed by atoms with Crippen LogP contribution in [0.5, 0.6) is 0 Å². The summed E-state index contributed by atoms with van der Waals surface area (Å²) >= 11 is 5.73. The summed E-state index contributed by atoms with van der Waals surface area (Å²) in [5.74, 6) is 0. The molecule has 62 valence electrons. The van der Waals surface area contributed by atoms with Gasteiger partial charge in [0.1, 0.15) is 0 Å². The maximum Gasteiger partial charge on any atom is 0.0697 e. The fraction of sp³-hybridized carbons (Fsp3) is 0. The second kappa shape index (κ2) is 2.95. The Labute approximate surface area is 76.1 Å². The van der Waals surface area contributed by atoms with Gasteiger partial charge in [0.05, 0.1) is 18.1 Å². The van der Waals surface area contributed by atoms with Crippen molar-refractivity contribution in [3.05, 3.63) is 41.7 Å². The van der Waals surface area contributed by atoms with Crippen molar-refractivity contribution in [3.8, 4) is 5.69 Å². The van der Waals surface area contributed by atoms with Crippen molar-refractivity contribution in [1.82, 2.24) is 15.0 Å². The SMILES string of the molecule is Clc1ccc(-n2ccnn2)cc1.[2HH]. The molecule has 0 saturated carbocycles. The zero-order chi connectivity index (χ0) is 8.39. The van der Waals surface area contributed by atoms with E-state index in [1.807, 2.05) is 24.3 Å². The molecule has 0 spiro atoms. The fourth-order valence-electron chi connectivity index (χ4n) is 0.940. The van der Waals surface area contributed by atoms with Gasteiger partial charge in [-0.2, -0.15) is 0 Å². The van der Waals surface area contributed by atoms with Crippen molar-refractivity contribution < 1.29 is 1.43 Å². The van der Waals surface area contributed by atoms with E-state index in [0.29, 0.717) is 0 Å². The van der Waals surface area contributed by atoms with E-state index < -0.39 is 0 Å². The van der Waals surface area contributed by atoms with Gasteiger partial charge in [0.15, 0.2) is 0 Å². The van der Waals surface area contributed by atoms with Crippen LogP contribution in [0.2, 0.25) is 5.02 Å². The molecule has 1 aromatic carbocycles. The minimum atomic E-state index is 0. The van der Waals surface area contributed by atoms with Crippen LogP contribution in [0.1, 0.15) is 1.43 Å². The molecule has 0 aliphatic heterocycles. The molecule has 0 aliphatic carbocycles. The van der Waals surface area contributed by atoms with Gasteiger partial charge < -0.3 is 0 Å². The lowest BCUT2D eigenvalue weighted by Crippen LogP contribution is -1.93. The predicted molar refractivity (Wildman–Crippen MR) is 48.5 cm³/mol. The molecule has 0 unspecified atom stereocenters. The summed E-state index contributed by atoms with van der Waals surface area (Å²) in [6, 6.07) is 7.41. The molecule has 0 bridgehead atoms. The van der Waals surface area contributed by atoms with Gasteiger partial charge in [-0.25, -0.2) is 4.68 Å². The summed E-state index contributed by atoms with van der Waals surface area (Å²) in [4.78, 5) is 0. The van der Waals surface area contributed by atoms with E-state index in [9.17, 15) is 0 Å². The summed E-state index contributed by atoms with van der Waals surface area (Å²) in [5.41, 5.74) is 0.955. The van der Waals surface area contributed by atoms with Crippen LogP contribution in [0, 0.1) is 0 Å². The van der Waals surface area contributed by atoms with Gasteiger partial charge >= 0.3 is 0 Å². The normalized spacial score (nSPS) is 10.1. The summed E-state index contributed by atoms with van der Waals surface area (Å²) in [6.45, 7) is 0. The quantitative estimate of drug-likeness (QED) is 0.677. The molecule has 12 heavy (non-hydrogen) atoms. The third-order valence-corrected chi connectivity index (χ3v) is 1.77. The summed E-state index contributed by atoms with van der Waals surface area (Å²) in [5, 5.41) is 8.26. The number of hydrogen-bond acceptors (Lipinski definition) is 2. The molecule has 2 rings (SSSR count). The number of rotatable bonds is 1. The smallest absolute Gasteiger partial charge is 0.0697 e. The van der Waals surface area contributed by atoms with Gasteiger partial charge in [-0.3, -0.25) is 0 Å². The molecule has 1 aromatic heterocycles. The zero-order valence-electron chi connectivity index (χ0n) is 6.18. The van der Waals surface area contributed by atoms with E-state index in [-0.39, 0.29) is 1.43 Å². The Morgan fingerprint density at radius 3 is 2.58 bits per heavy atom. The lowest BCUT2D eigenvalue weighted by atomic mass is 10.3. The van der Waals surface area contributed by atoms with Crippen molar-refractivity contribution in [1.29, 1.82) is 0 Å². The maximum absolute atomic E-state index is 5.73. The van der Waals surface area contributed by atoms with Crippen LogP contribution in [-0.4, -0.2) is 15.0 Å². The topological polar surface area (TPSA) is 30.7 Å². The molecular weight excluding hydrogens is 174 g/mol. The molecule has 0 aliphatic rings. The van der Waals surface area contributed by atoms with Crippen LogP contribution in [0.15, 0.2) is 36.7 Å². The van der Waals surface area contributed by atoms with Gasteiger partial charge in [0, 0.05) is 6.45 Å². The van der Waals surface area contributed by atoms with Crippen molar-refractivity contribution in [3.63, 3.8) is 0 Å². The van der Waals surface area contributed by atoms with Crippen molar-refractivity contribution >= 4 is 11.6 Å². The fourth-order valence-corrected chi connectivity index (χ4v) is 1.07. The average Bonchev–Trinajstić information content (AvgIpc) is 2.58. The van der Waals surface area contributed by atoms with Crippen LogP contribution < -0.4 is 0 Å². The molecule has 0 N–H and O–H groups in total. The van der Waals surface area contributed by atoms with Crippen LogP contribution in [0.25, 0.3) is 5.69 Å². The van der Waals surface area contributed by atoms with Crippen molar-refractivity contribution in [2.45, 2.75) is 0 Å². The summed E-state index contributed by atoms with van der Waals surface area (Å²) < 4.78 is 1.68. The number of nitrogens with zero attached hydrogens (tertiary/aromatic N) is 3. The molecule has 0 saturated heterocycles. The lowest BCUT2D eigenvalue weighted by molar-refractivity contribution is 0.803. The minimum Gasteiger partial charge on any atom is -0.221 e. The van der Waals surface area contributed by atoms with Gasteiger partial charge in [-0.05, 0) is 24.3 Å². The summed E-state index contributed by atoms with van der Waals surface area (Å²) in [6.07, 6.45) is 3.41. The molecule has 0 amide bonds. The van der Waals surface area contributed by atoms with E-state index in [2.05, 4.69) is 10.3 Å². The van der Waals surface area contributed by atoms with Crippen LogP contribution in [-0.2, 0) is 0 Å². The highest BCUT2D eigenvalue weighted by Gasteiger charge is 1.94. The molecule has 1 heterocycles. The predicted octanol–water partition coefficient (Wildman–Crippen LogP) is 2.17. The van der Waals surface area contributed by atoms with Gasteiger partial charge in [-0.15, -0.1) is 5.10 Å². The van der Waals surface area contributed by atoms with E-state index in [0.717, 1.165) is 10.7 Å². The lowest BCUT2D eigenvalue weighted by Gasteiger charge is -1.98. The zero-order valence-corrected chi connectivity index (χ0v) is 6.94. The number of halogens is 1. The first-order chi connectivity index (χ1) is 5.86. The highest BCUT2D eigenvalue weighted by atomic mass is 35.5. The van der Waals surface area contributed by atoms with E-state index in [4.69, 9.17) is 11.6 Å². The van der Waals surface area contributed by atoms with Gasteiger partial charge in [-0.1, -0.05) is 16.8 Å². The largest absolute Gasteiger partial charge is 0.221 e. The van der Waals surface area contributed by atoms with Crippen LogP contribution in [0.4, 0.5) is 0 Å². The third-order valence-electron chi connectivity index (χ3n) is 1.51. The molecule has 3 nitrogen and oxygen atoms in total. The number of benzene rings is 1. The first-order valence-electron chi connectivity index (χ1n) is 3.48. The van der Waals surface area contributed by atoms with E-state index >= 15 is 0 Å². The Balaban J connectivity index is 0.000000845. The first kappa shape index (κ1) is 7.31. The van der Waals surface area contributed by atoms with Gasteiger partial charge in [0.25, 0.3) is 0 Å². The Morgan fingerprint density at radius 2 is 2.00 bits per heavy atom. The highest BCUT2D eigenvalue weighted by molar-refractivity contribution is 6.30. The highest BCUT2D eigenvalue weighted by Crippen LogP contribution is 2.11. The van der Waals surface area contributed by atoms with Crippen molar-refractivity contribution in [2.75, 3.05) is 0 Å². The van der Waals surface area contributed by atoms with Crippen LogP contribution in [0.3, 0.4) is 0 Å². The Kier molecular flexibility index (Phi) is 1.80. The molecule has 0 atom stereocenters. The Morgan fingerprint density at radius 1 is 1.25 bits per heavy atom. The molecule has 4 heteroatoms. The Hall–Kier alpha value is -1.35. The van der Waals surface area contributed by atoms with Crippen molar-refractivity contribution in [2.24, 2.45) is 0 Å². The molecule has 2 aromatic rings. The third kappa shape index (κ3) is 1.31. The second-order valence-corrected chi connectivity index (χ2v) is 2.76. The molecule has 0 radical (unpaired) electrons. The first-order valence-corrected chi connectivity index (χ1v) is 3.86. The monoisotopic (exact) mass is 182 g/mol. The number of aromatic nitrogens is 3. The van der Waals surface area contributed by atoms with E-state index in [1.165, 1.54) is 0 Å². The second-order valence-electron chi connectivity index (χ2n) is 2.32. The molecule has 0 fully saturated rings. The van der Waals surface area contributed by atoms with E-state index in [1.54, 1.807) is 17.1 Å². The molecular formula is C8H8ClN3. The average molecular weight is 183 g/mol.